The first kappa shape index (κ1) is 37.7. The summed E-state index contributed by atoms with van der Waals surface area (Å²) in [7, 11) is 0. The van der Waals surface area contributed by atoms with Crippen LogP contribution in [0.1, 0.15) is 13.8 Å². The minimum absolute atomic E-state index is 0.508. The van der Waals surface area contributed by atoms with Crippen LogP contribution < -0.4 is 0 Å². The summed E-state index contributed by atoms with van der Waals surface area (Å²) in [5.74, 6) is 1.56. The van der Waals surface area contributed by atoms with E-state index in [9.17, 15) is 0 Å². The summed E-state index contributed by atoms with van der Waals surface area (Å²) >= 11 is 0. The van der Waals surface area contributed by atoms with Gasteiger partial charge in [-0.15, -0.1) is 0 Å². The lowest BCUT2D eigenvalue weighted by Gasteiger charge is -2.14. The van der Waals surface area contributed by atoms with Gasteiger partial charge in [0.1, 0.15) is 22.3 Å². The molecule has 0 aliphatic heterocycles. The SMILES string of the molecule is CC.c1cc(-c2cccc3c2oc2ccccc23)cc(-c2cccc3c4ccccc4n(-c4nc(-c5ccc6c(c5)oc5ccccc56)nc(-n5c6ccccc6c6ccccc65)n4)c23)c1. The predicted octanol–water partition coefficient (Wildman–Crippen LogP) is 15.9. The molecule has 7 heteroatoms. The van der Waals surface area contributed by atoms with Crippen LogP contribution in [0.5, 0.6) is 0 Å². The van der Waals surface area contributed by atoms with Crippen LogP contribution in [0.15, 0.2) is 209 Å². The van der Waals surface area contributed by atoms with Gasteiger partial charge in [-0.2, -0.15) is 15.0 Å². The average Bonchev–Trinajstić information content (AvgIpc) is 4.14. The molecule has 14 rings (SSSR count). The van der Waals surface area contributed by atoms with E-state index in [1.165, 1.54) is 0 Å². The topological polar surface area (TPSA) is 74.8 Å². The van der Waals surface area contributed by atoms with Crippen LogP contribution >= 0.6 is 0 Å². The second-order valence-corrected chi connectivity index (χ2v) is 16.4. The second-order valence-electron chi connectivity index (χ2n) is 16.4. The molecule has 5 aromatic heterocycles. The maximum atomic E-state index is 6.52. The van der Waals surface area contributed by atoms with Gasteiger partial charge in [0.2, 0.25) is 11.9 Å². The van der Waals surface area contributed by atoms with Gasteiger partial charge in [-0.3, -0.25) is 9.13 Å². The monoisotopic (exact) mass is 849 g/mol. The van der Waals surface area contributed by atoms with Crippen molar-refractivity contribution in [1.82, 2.24) is 24.1 Å². The Labute approximate surface area is 378 Å². The van der Waals surface area contributed by atoms with Gasteiger partial charge >= 0.3 is 0 Å². The lowest BCUT2D eigenvalue weighted by Crippen LogP contribution is -2.10. The molecule has 312 valence electrons. The summed E-state index contributed by atoms with van der Waals surface area (Å²) in [4.78, 5) is 16.2. The Hall–Kier alpha value is -8.81. The van der Waals surface area contributed by atoms with Crippen molar-refractivity contribution in [2.24, 2.45) is 0 Å². The fraction of sp³-hybridized carbons (Fsp3) is 0.0339. The van der Waals surface area contributed by atoms with Crippen LogP contribution in [0.3, 0.4) is 0 Å². The van der Waals surface area contributed by atoms with Crippen molar-refractivity contribution >= 4 is 87.5 Å². The van der Waals surface area contributed by atoms with Crippen LogP contribution in [0, 0.1) is 0 Å². The Balaban J connectivity index is 0.00000215. The first-order valence-electron chi connectivity index (χ1n) is 22.4. The second kappa shape index (κ2) is 14.9. The Morgan fingerprint density at radius 3 is 1.52 bits per heavy atom. The number of para-hydroxylation sites is 7. The molecule has 0 saturated carbocycles. The summed E-state index contributed by atoms with van der Waals surface area (Å²) in [6.07, 6.45) is 0. The number of rotatable bonds is 5. The third kappa shape index (κ3) is 5.66. The van der Waals surface area contributed by atoms with Crippen molar-refractivity contribution in [3.8, 4) is 45.5 Å². The maximum absolute atomic E-state index is 6.52. The first-order chi connectivity index (χ1) is 32.7. The average molecular weight is 850 g/mol. The molecule has 0 unspecified atom stereocenters. The van der Waals surface area contributed by atoms with Gasteiger partial charge in [0.15, 0.2) is 5.82 Å². The Morgan fingerprint density at radius 1 is 0.333 bits per heavy atom. The molecular formula is C59H39N5O2. The molecule has 14 aromatic rings. The summed E-state index contributed by atoms with van der Waals surface area (Å²) < 4.78 is 17.3. The number of aromatic nitrogens is 5. The highest BCUT2D eigenvalue weighted by Gasteiger charge is 2.23. The highest BCUT2D eigenvalue weighted by Crippen LogP contribution is 2.42. The molecule has 5 heterocycles. The number of fused-ring (bicyclic) bond motifs is 12. The standard InChI is InChI=1S/C57H33N5O2.C2H6/c1-6-25-47-39(16-1)40-17-2-7-26-48(40)61(47)56-58-55(36-30-31-44-42-19-4-9-28-50(42)63-52(44)33-36)59-57(60-56)62-49-27-8-3-18-41(49)45-23-12-21-37(53(45)62)34-14-11-15-35(32-34)38-22-13-24-46-43-20-5-10-29-51(43)64-54(38)46;1-2/h1-33H;1-2H3. The molecular weight excluding hydrogens is 811 g/mol. The van der Waals surface area contributed by atoms with Crippen LogP contribution in [0.25, 0.3) is 133 Å². The fourth-order valence-electron chi connectivity index (χ4n) is 9.97. The smallest absolute Gasteiger partial charge is 0.240 e. The van der Waals surface area contributed by atoms with E-state index in [-0.39, 0.29) is 0 Å². The quantitative estimate of drug-likeness (QED) is 0.172. The van der Waals surface area contributed by atoms with Crippen LogP contribution in [0.2, 0.25) is 0 Å². The third-order valence-electron chi connectivity index (χ3n) is 12.8. The van der Waals surface area contributed by atoms with E-state index >= 15 is 0 Å². The lowest BCUT2D eigenvalue weighted by molar-refractivity contribution is 0.669. The molecule has 0 amide bonds. The van der Waals surface area contributed by atoms with Crippen molar-refractivity contribution < 1.29 is 8.83 Å². The van der Waals surface area contributed by atoms with Crippen LogP contribution in [0.4, 0.5) is 0 Å². The summed E-state index contributed by atoms with van der Waals surface area (Å²) in [5.41, 5.74) is 12.4. The fourth-order valence-corrected chi connectivity index (χ4v) is 9.97. The zero-order chi connectivity index (χ0) is 43.9. The van der Waals surface area contributed by atoms with E-state index < -0.39 is 0 Å². The van der Waals surface area contributed by atoms with Gasteiger partial charge in [0.05, 0.1) is 22.1 Å². The molecule has 0 bridgehead atoms. The van der Waals surface area contributed by atoms with Gasteiger partial charge in [-0.25, -0.2) is 0 Å². The molecule has 0 atom stereocenters. The van der Waals surface area contributed by atoms with Gasteiger partial charge < -0.3 is 8.83 Å². The molecule has 0 aliphatic rings. The number of nitrogens with zero attached hydrogens (tertiary/aromatic N) is 5. The largest absolute Gasteiger partial charge is 0.456 e. The zero-order valence-electron chi connectivity index (χ0n) is 36.1. The van der Waals surface area contributed by atoms with Crippen LogP contribution in [-0.2, 0) is 0 Å². The van der Waals surface area contributed by atoms with E-state index in [0.717, 1.165) is 115 Å². The predicted molar refractivity (Wildman–Crippen MR) is 271 cm³/mol. The normalized spacial score (nSPS) is 11.8. The van der Waals surface area contributed by atoms with Crippen molar-refractivity contribution in [3.05, 3.63) is 200 Å². The Morgan fingerprint density at radius 2 is 0.818 bits per heavy atom. The van der Waals surface area contributed by atoms with Crippen molar-refractivity contribution in [2.45, 2.75) is 13.8 Å². The van der Waals surface area contributed by atoms with Gasteiger partial charge in [0, 0.05) is 59.8 Å². The number of benzene rings is 9. The zero-order valence-corrected chi connectivity index (χ0v) is 36.1. The number of hydrogen-bond donors (Lipinski definition) is 0. The summed E-state index contributed by atoms with van der Waals surface area (Å²) in [6, 6.07) is 69.7. The molecule has 0 aliphatic carbocycles. The van der Waals surface area contributed by atoms with Crippen molar-refractivity contribution in [1.29, 1.82) is 0 Å². The molecule has 0 radical (unpaired) electrons. The number of furan rings is 2. The van der Waals surface area contributed by atoms with E-state index in [2.05, 4.69) is 179 Å². The van der Waals surface area contributed by atoms with Crippen molar-refractivity contribution in [3.63, 3.8) is 0 Å². The molecule has 7 nitrogen and oxygen atoms in total. The molecule has 0 fully saturated rings. The molecule has 0 saturated heterocycles. The van der Waals surface area contributed by atoms with E-state index in [1.54, 1.807) is 0 Å². The van der Waals surface area contributed by atoms with Gasteiger partial charge in [-0.1, -0.05) is 166 Å². The first-order valence-corrected chi connectivity index (χ1v) is 22.4. The highest BCUT2D eigenvalue weighted by molar-refractivity contribution is 6.15. The minimum atomic E-state index is 0.508. The van der Waals surface area contributed by atoms with Gasteiger partial charge in [-0.05, 0) is 59.7 Å². The van der Waals surface area contributed by atoms with Crippen molar-refractivity contribution in [2.75, 3.05) is 0 Å². The van der Waals surface area contributed by atoms with Crippen LogP contribution in [-0.4, -0.2) is 24.1 Å². The highest BCUT2D eigenvalue weighted by atomic mass is 16.3. The summed E-state index contributed by atoms with van der Waals surface area (Å²) in [5, 5.41) is 8.78. The lowest BCUT2D eigenvalue weighted by atomic mass is 9.96. The minimum Gasteiger partial charge on any atom is -0.456 e. The van der Waals surface area contributed by atoms with Gasteiger partial charge in [0.25, 0.3) is 0 Å². The Bertz CT molecular complexity index is 4170. The van der Waals surface area contributed by atoms with E-state index in [4.69, 9.17) is 23.8 Å². The molecule has 66 heavy (non-hydrogen) atoms. The molecule has 0 N–H and O–H groups in total. The summed E-state index contributed by atoms with van der Waals surface area (Å²) in [6.45, 7) is 4.00. The third-order valence-corrected chi connectivity index (χ3v) is 12.8. The molecule has 0 spiro atoms. The maximum Gasteiger partial charge on any atom is 0.240 e. The number of hydrogen-bond acceptors (Lipinski definition) is 5. The van der Waals surface area contributed by atoms with E-state index in [0.29, 0.717) is 17.7 Å². The molecule has 9 aromatic carbocycles. The van der Waals surface area contributed by atoms with E-state index in [1.807, 2.05) is 44.2 Å². The Kier molecular flexibility index (Phi) is 8.51.